The molecule has 1 aromatic carbocycles. The van der Waals surface area contributed by atoms with Crippen LogP contribution in [0.25, 0.3) is 0 Å². The molecule has 1 N–H and O–H groups in total. The second-order valence-electron chi connectivity index (χ2n) is 3.36. The third kappa shape index (κ3) is 2.56. The third-order valence-electron chi connectivity index (χ3n) is 1.99. The summed E-state index contributed by atoms with van der Waals surface area (Å²) in [6, 6.07) is 1.73. The van der Waals surface area contributed by atoms with E-state index in [1.165, 1.54) is 14.1 Å². The molecule has 0 spiro atoms. The fourth-order valence-electron chi connectivity index (χ4n) is 1.10. The molecule has 0 saturated heterocycles. The first-order valence-corrected chi connectivity index (χ1v) is 6.14. The third-order valence-corrected chi connectivity index (χ3v) is 4.03. The van der Waals surface area contributed by atoms with E-state index in [0.717, 1.165) is 16.4 Å². The lowest BCUT2D eigenvalue weighted by Gasteiger charge is -2.13. The van der Waals surface area contributed by atoms with E-state index in [1.807, 2.05) is 0 Å². The Morgan fingerprint density at radius 2 is 1.94 bits per heavy atom. The van der Waals surface area contributed by atoms with Crippen molar-refractivity contribution in [2.45, 2.75) is 4.90 Å². The first kappa shape index (κ1) is 13.9. The van der Waals surface area contributed by atoms with Gasteiger partial charge in [0.25, 0.3) is 0 Å². The lowest BCUT2D eigenvalue weighted by molar-refractivity contribution is 0.0691. The minimum atomic E-state index is -4.08. The van der Waals surface area contributed by atoms with Gasteiger partial charge in [-0.25, -0.2) is 21.9 Å². The Hall–Kier alpha value is -1.18. The van der Waals surface area contributed by atoms with Crippen molar-refractivity contribution < 1.29 is 22.7 Å². The van der Waals surface area contributed by atoms with E-state index in [1.54, 1.807) is 0 Å². The van der Waals surface area contributed by atoms with Gasteiger partial charge in [-0.15, -0.1) is 0 Å². The monoisotopic (exact) mass is 281 g/mol. The Morgan fingerprint density at radius 1 is 1.41 bits per heavy atom. The molecule has 0 heterocycles. The van der Waals surface area contributed by atoms with E-state index < -0.39 is 32.3 Å². The zero-order chi connectivity index (χ0) is 13.4. The van der Waals surface area contributed by atoms with Crippen LogP contribution in [0.2, 0.25) is 5.02 Å². The molecule has 1 aromatic rings. The summed E-state index contributed by atoms with van der Waals surface area (Å²) in [5.74, 6) is -2.91. The van der Waals surface area contributed by atoms with Crippen molar-refractivity contribution in [3.05, 3.63) is 28.5 Å². The van der Waals surface area contributed by atoms with E-state index in [4.69, 9.17) is 16.7 Å². The molecule has 5 nitrogen and oxygen atoms in total. The zero-order valence-corrected chi connectivity index (χ0v) is 10.5. The van der Waals surface area contributed by atoms with E-state index in [0.29, 0.717) is 0 Å². The smallest absolute Gasteiger partial charge is 0.338 e. The van der Waals surface area contributed by atoms with Gasteiger partial charge in [0.1, 0.15) is 4.90 Å². The van der Waals surface area contributed by atoms with Crippen molar-refractivity contribution >= 4 is 27.6 Å². The Bertz CT molecular complexity index is 571. The second kappa shape index (κ2) is 4.59. The summed E-state index contributed by atoms with van der Waals surface area (Å²) in [7, 11) is -1.67. The average molecular weight is 282 g/mol. The molecule has 8 heteroatoms. The number of rotatable bonds is 3. The van der Waals surface area contributed by atoms with Gasteiger partial charge >= 0.3 is 5.97 Å². The van der Waals surface area contributed by atoms with Gasteiger partial charge in [-0.05, 0) is 12.1 Å². The number of benzene rings is 1. The molecule has 0 aliphatic carbocycles. The van der Waals surface area contributed by atoms with Crippen LogP contribution in [-0.2, 0) is 10.0 Å². The second-order valence-corrected chi connectivity index (χ2v) is 5.91. The van der Waals surface area contributed by atoms with Crippen molar-refractivity contribution in [1.29, 1.82) is 0 Å². The van der Waals surface area contributed by atoms with Gasteiger partial charge in [0.05, 0.1) is 5.56 Å². The highest BCUT2D eigenvalue weighted by molar-refractivity contribution is 7.89. The minimum Gasteiger partial charge on any atom is -0.478 e. The van der Waals surface area contributed by atoms with Crippen molar-refractivity contribution in [1.82, 2.24) is 4.31 Å². The summed E-state index contributed by atoms with van der Waals surface area (Å²) >= 11 is 5.56. The Morgan fingerprint density at radius 3 is 2.35 bits per heavy atom. The van der Waals surface area contributed by atoms with Crippen LogP contribution in [0.5, 0.6) is 0 Å². The molecule has 0 aliphatic rings. The Balaban J connectivity index is 3.62. The van der Waals surface area contributed by atoms with Crippen molar-refractivity contribution in [2.24, 2.45) is 0 Å². The van der Waals surface area contributed by atoms with Crippen LogP contribution in [0, 0.1) is 5.82 Å². The number of carboxylic acid groups (broad SMARTS) is 1. The number of aromatic carboxylic acids is 1. The summed E-state index contributed by atoms with van der Waals surface area (Å²) < 4.78 is 37.9. The molecule has 0 bridgehead atoms. The SMILES string of the molecule is CN(C)S(=O)(=O)c1cc(Cl)cc(C(=O)O)c1F. The van der Waals surface area contributed by atoms with Crippen LogP contribution in [0.15, 0.2) is 17.0 Å². The molecule has 0 saturated carbocycles. The molecule has 0 atom stereocenters. The number of nitrogens with zero attached hydrogens (tertiary/aromatic N) is 1. The standard InChI is InChI=1S/C9H9ClFNO4S/c1-12(2)17(15,16)7-4-5(10)3-6(8(7)11)9(13)14/h3-4H,1-2H3,(H,13,14). The molecule has 17 heavy (non-hydrogen) atoms. The maximum absolute atomic E-state index is 13.7. The summed E-state index contributed by atoms with van der Waals surface area (Å²) in [5.41, 5.74) is -0.780. The van der Waals surface area contributed by atoms with E-state index in [2.05, 4.69) is 0 Å². The highest BCUT2D eigenvalue weighted by atomic mass is 35.5. The molecule has 0 amide bonds. The highest BCUT2D eigenvalue weighted by Gasteiger charge is 2.26. The molecule has 1 rings (SSSR count). The molecule has 0 unspecified atom stereocenters. The number of hydrogen-bond donors (Lipinski definition) is 1. The average Bonchev–Trinajstić information content (AvgIpc) is 2.20. The zero-order valence-electron chi connectivity index (χ0n) is 8.94. The predicted octanol–water partition coefficient (Wildman–Crippen LogP) is 1.43. The van der Waals surface area contributed by atoms with Crippen molar-refractivity contribution in [3.63, 3.8) is 0 Å². The Kier molecular flexibility index (Phi) is 3.75. The van der Waals surface area contributed by atoms with Gasteiger partial charge in [0.15, 0.2) is 5.82 Å². The normalized spacial score (nSPS) is 11.8. The van der Waals surface area contributed by atoms with Crippen LogP contribution in [0.4, 0.5) is 4.39 Å². The van der Waals surface area contributed by atoms with Gasteiger partial charge in [0, 0.05) is 19.1 Å². The quantitative estimate of drug-likeness (QED) is 0.909. The van der Waals surface area contributed by atoms with Crippen LogP contribution in [0.1, 0.15) is 10.4 Å². The molecule has 0 radical (unpaired) electrons. The van der Waals surface area contributed by atoms with Crippen LogP contribution < -0.4 is 0 Å². The van der Waals surface area contributed by atoms with E-state index in [-0.39, 0.29) is 5.02 Å². The maximum Gasteiger partial charge on any atom is 0.338 e. The fourth-order valence-corrected chi connectivity index (χ4v) is 2.39. The lowest BCUT2D eigenvalue weighted by atomic mass is 10.2. The number of hydrogen-bond acceptors (Lipinski definition) is 3. The first-order chi connectivity index (χ1) is 7.67. The summed E-state index contributed by atoms with van der Waals surface area (Å²) in [6.45, 7) is 0. The number of sulfonamides is 1. The van der Waals surface area contributed by atoms with Gasteiger partial charge in [-0.1, -0.05) is 11.6 Å². The summed E-state index contributed by atoms with van der Waals surface area (Å²) in [5, 5.41) is 8.55. The number of carboxylic acids is 1. The number of halogens is 2. The van der Waals surface area contributed by atoms with Crippen molar-refractivity contribution in [2.75, 3.05) is 14.1 Å². The fraction of sp³-hybridized carbons (Fsp3) is 0.222. The number of carbonyl (C=O) groups is 1. The predicted molar refractivity (Wildman–Crippen MR) is 59.2 cm³/mol. The first-order valence-electron chi connectivity index (χ1n) is 4.32. The minimum absolute atomic E-state index is 0.163. The van der Waals surface area contributed by atoms with Gasteiger partial charge in [0.2, 0.25) is 10.0 Å². The molecular weight excluding hydrogens is 273 g/mol. The summed E-state index contributed by atoms with van der Waals surface area (Å²) in [6.07, 6.45) is 0. The van der Waals surface area contributed by atoms with Crippen LogP contribution in [-0.4, -0.2) is 37.9 Å². The topological polar surface area (TPSA) is 74.7 Å². The molecule has 0 aromatic heterocycles. The van der Waals surface area contributed by atoms with Gasteiger partial charge < -0.3 is 5.11 Å². The molecule has 0 aliphatic heterocycles. The summed E-state index contributed by atoms with van der Waals surface area (Å²) in [4.78, 5) is 9.96. The molecular formula is C9H9ClFNO4S. The van der Waals surface area contributed by atoms with Crippen LogP contribution in [0.3, 0.4) is 0 Å². The van der Waals surface area contributed by atoms with Gasteiger partial charge in [-0.3, -0.25) is 0 Å². The Labute approximate surface area is 102 Å². The van der Waals surface area contributed by atoms with E-state index in [9.17, 15) is 17.6 Å². The molecule has 0 fully saturated rings. The maximum atomic E-state index is 13.7. The van der Waals surface area contributed by atoms with Crippen molar-refractivity contribution in [3.8, 4) is 0 Å². The van der Waals surface area contributed by atoms with Gasteiger partial charge in [-0.2, -0.15) is 0 Å². The molecule has 94 valence electrons. The lowest BCUT2D eigenvalue weighted by Crippen LogP contribution is -2.24. The highest BCUT2D eigenvalue weighted by Crippen LogP contribution is 2.25. The largest absolute Gasteiger partial charge is 0.478 e. The van der Waals surface area contributed by atoms with Crippen LogP contribution >= 0.6 is 11.6 Å². The van der Waals surface area contributed by atoms with E-state index >= 15 is 0 Å².